The maximum atomic E-state index is 12.6. The smallest absolute Gasteiger partial charge is 0.419 e. The SMILES string of the molecule is COC(=O)CCC1CNc2cccc(OC(=O)N(C)c3ccc(C)cc3)c21. The van der Waals surface area contributed by atoms with Crippen LogP contribution < -0.4 is 15.0 Å². The molecular weight excluding hydrogens is 344 g/mol. The van der Waals surface area contributed by atoms with Gasteiger partial charge in [0.1, 0.15) is 5.75 Å². The molecule has 6 nitrogen and oxygen atoms in total. The fourth-order valence-corrected chi connectivity index (χ4v) is 3.22. The highest BCUT2D eigenvalue weighted by Crippen LogP contribution is 2.41. The van der Waals surface area contributed by atoms with Crippen molar-refractivity contribution in [2.24, 2.45) is 0 Å². The molecular formula is C21H24N2O4. The van der Waals surface area contributed by atoms with Crippen molar-refractivity contribution in [1.29, 1.82) is 0 Å². The molecule has 0 aromatic heterocycles. The van der Waals surface area contributed by atoms with E-state index in [2.05, 4.69) is 5.32 Å². The topological polar surface area (TPSA) is 67.9 Å². The molecule has 1 amide bonds. The number of methoxy groups -OCH3 is 1. The summed E-state index contributed by atoms with van der Waals surface area (Å²) in [5.74, 6) is 0.376. The van der Waals surface area contributed by atoms with Crippen LogP contribution in [0.4, 0.5) is 16.2 Å². The molecule has 142 valence electrons. The molecule has 1 heterocycles. The number of fused-ring (bicyclic) bond motifs is 1. The van der Waals surface area contributed by atoms with Gasteiger partial charge in [-0.25, -0.2) is 4.79 Å². The number of carbonyl (C=O) groups is 2. The molecule has 1 aliphatic heterocycles. The molecule has 0 aliphatic carbocycles. The van der Waals surface area contributed by atoms with Crippen LogP contribution in [-0.2, 0) is 9.53 Å². The van der Waals surface area contributed by atoms with Crippen molar-refractivity contribution < 1.29 is 19.1 Å². The van der Waals surface area contributed by atoms with Gasteiger partial charge < -0.3 is 14.8 Å². The molecule has 3 rings (SSSR count). The molecule has 1 unspecified atom stereocenters. The number of nitrogens with one attached hydrogen (secondary N) is 1. The number of hydrogen-bond acceptors (Lipinski definition) is 5. The quantitative estimate of drug-likeness (QED) is 0.805. The van der Waals surface area contributed by atoms with Crippen molar-refractivity contribution in [3.05, 3.63) is 53.6 Å². The number of ether oxygens (including phenoxy) is 2. The summed E-state index contributed by atoms with van der Waals surface area (Å²) in [4.78, 5) is 25.6. The first-order valence-electron chi connectivity index (χ1n) is 8.95. The Labute approximate surface area is 159 Å². The molecule has 27 heavy (non-hydrogen) atoms. The first kappa shape index (κ1) is 18.8. The van der Waals surface area contributed by atoms with Crippen molar-refractivity contribution >= 4 is 23.4 Å². The maximum Gasteiger partial charge on any atom is 0.419 e. The number of anilines is 2. The van der Waals surface area contributed by atoms with Gasteiger partial charge in [0.2, 0.25) is 0 Å². The lowest BCUT2D eigenvalue weighted by Crippen LogP contribution is -2.29. The molecule has 0 spiro atoms. The molecule has 2 aromatic rings. The zero-order valence-electron chi connectivity index (χ0n) is 15.8. The average Bonchev–Trinajstić information content (AvgIpc) is 3.10. The molecule has 0 radical (unpaired) electrons. The van der Waals surface area contributed by atoms with E-state index < -0.39 is 6.09 Å². The van der Waals surface area contributed by atoms with E-state index in [0.717, 1.165) is 22.5 Å². The van der Waals surface area contributed by atoms with Crippen molar-refractivity contribution in [3.63, 3.8) is 0 Å². The third-order valence-electron chi connectivity index (χ3n) is 4.83. The van der Waals surface area contributed by atoms with Gasteiger partial charge in [0.15, 0.2) is 0 Å². The molecule has 1 atom stereocenters. The van der Waals surface area contributed by atoms with Gasteiger partial charge in [0.05, 0.1) is 7.11 Å². The molecule has 6 heteroatoms. The average molecular weight is 368 g/mol. The highest BCUT2D eigenvalue weighted by Gasteiger charge is 2.28. The lowest BCUT2D eigenvalue weighted by molar-refractivity contribution is -0.140. The number of rotatable bonds is 5. The lowest BCUT2D eigenvalue weighted by atomic mass is 9.95. The Bertz CT molecular complexity index is 833. The van der Waals surface area contributed by atoms with E-state index in [4.69, 9.17) is 9.47 Å². The van der Waals surface area contributed by atoms with E-state index in [0.29, 0.717) is 25.1 Å². The molecule has 1 aliphatic rings. The van der Waals surface area contributed by atoms with Gasteiger partial charge in [-0.3, -0.25) is 9.69 Å². The second-order valence-corrected chi connectivity index (χ2v) is 6.67. The zero-order valence-corrected chi connectivity index (χ0v) is 15.8. The Morgan fingerprint density at radius 1 is 1.19 bits per heavy atom. The van der Waals surface area contributed by atoms with Gasteiger partial charge in [0.25, 0.3) is 0 Å². The minimum absolute atomic E-state index is 0.0905. The van der Waals surface area contributed by atoms with Crippen LogP contribution in [0.2, 0.25) is 0 Å². The van der Waals surface area contributed by atoms with E-state index in [-0.39, 0.29) is 11.9 Å². The first-order chi connectivity index (χ1) is 13.0. The largest absolute Gasteiger partial charge is 0.469 e. The van der Waals surface area contributed by atoms with Crippen LogP contribution in [0.25, 0.3) is 0 Å². The van der Waals surface area contributed by atoms with Gasteiger partial charge in [-0.1, -0.05) is 23.8 Å². The van der Waals surface area contributed by atoms with Crippen LogP contribution in [0.1, 0.15) is 29.9 Å². The summed E-state index contributed by atoms with van der Waals surface area (Å²) < 4.78 is 10.4. The highest BCUT2D eigenvalue weighted by atomic mass is 16.6. The monoisotopic (exact) mass is 368 g/mol. The van der Waals surface area contributed by atoms with E-state index in [1.165, 1.54) is 12.0 Å². The predicted molar refractivity (Wildman–Crippen MR) is 105 cm³/mol. The molecule has 1 N–H and O–H groups in total. The van der Waals surface area contributed by atoms with Crippen molar-refractivity contribution in [1.82, 2.24) is 0 Å². The minimum Gasteiger partial charge on any atom is -0.469 e. The first-order valence-corrected chi connectivity index (χ1v) is 8.95. The Hall–Kier alpha value is -3.02. The number of benzene rings is 2. The molecule has 0 saturated carbocycles. The summed E-state index contributed by atoms with van der Waals surface area (Å²) in [5, 5.41) is 3.32. The Kier molecular flexibility index (Phi) is 5.64. The number of carbonyl (C=O) groups excluding carboxylic acids is 2. The fourth-order valence-electron chi connectivity index (χ4n) is 3.22. The second-order valence-electron chi connectivity index (χ2n) is 6.67. The third-order valence-corrected chi connectivity index (χ3v) is 4.83. The van der Waals surface area contributed by atoms with Crippen LogP contribution >= 0.6 is 0 Å². The fraction of sp³-hybridized carbons (Fsp3) is 0.333. The van der Waals surface area contributed by atoms with Gasteiger partial charge in [-0.15, -0.1) is 0 Å². The molecule has 0 saturated heterocycles. The zero-order chi connectivity index (χ0) is 19.4. The maximum absolute atomic E-state index is 12.6. The van der Waals surface area contributed by atoms with Crippen LogP contribution in [0.15, 0.2) is 42.5 Å². The van der Waals surface area contributed by atoms with Gasteiger partial charge in [-0.2, -0.15) is 0 Å². The van der Waals surface area contributed by atoms with Crippen LogP contribution in [0, 0.1) is 6.92 Å². The Morgan fingerprint density at radius 2 is 1.93 bits per heavy atom. The number of nitrogens with zero attached hydrogens (tertiary/aromatic N) is 1. The van der Waals surface area contributed by atoms with Crippen molar-refractivity contribution in [2.75, 3.05) is 30.9 Å². The van der Waals surface area contributed by atoms with Gasteiger partial charge in [-0.05, 0) is 37.6 Å². The Balaban J connectivity index is 1.76. The van der Waals surface area contributed by atoms with E-state index in [1.807, 2.05) is 43.3 Å². The van der Waals surface area contributed by atoms with E-state index >= 15 is 0 Å². The minimum atomic E-state index is -0.453. The van der Waals surface area contributed by atoms with Crippen molar-refractivity contribution in [2.45, 2.75) is 25.7 Å². The highest BCUT2D eigenvalue weighted by molar-refractivity contribution is 5.89. The second kappa shape index (κ2) is 8.12. The van der Waals surface area contributed by atoms with Crippen LogP contribution in [0.3, 0.4) is 0 Å². The number of aryl methyl sites for hydroxylation is 1. The summed E-state index contributed by atoms with van der Waals surface area (Å²) in [7, 11) is 3.07. The van der Waals surface area contributed by atoms with Crippen LogP contribution in [-0.4, -0.2) is 32.8 Å². The van der Waals surface area contributed by atoms with Crippen LogP contribution in [0.5, 0.6) is 5.75 Å². The number of esters is 1. The number of hydrogen-bond donors (Lipinski definition) is 1. The third kappa shape index (κ3) is 4.22. The lowest BCUT2D eigenvalue weighted by Gasteiger charge is -2.19. The van der Waals surface area contributed by atoms with Crippen molar-refractivity contribution in [3.8, 4) is 5.75 Å². The molecule has 0 bridgehead atoms. The summed E-state index contributed by atoms with van der Waals surface area (Å²) >= 11 is 0. The van der Waals surface area contributed by atoms with E-state index in [1.54, 1.807) is 13.1 Å². The summed E-state index contributed by atoms with van der Waals surface area (Å²) in [5.41, 5.74) is 3.76. The summed E-state index contributed by atoms with van der Waals surface area (Å²) in [6.07, 6.45) is 0.508. The molecule has 0 fully saturated rings. The molecule has 2 aromatic carbocycles. The normalized spacial score (nSPS) is 14.9. The van der Waals surface area contributed by atoms with E-state index in [9.17, 15) is 9.59 Å². The van der Waals surface area contributed by atoms with Gasteiger partial charge in [0, 0.05) is 42.9 Å². The summed E-state index contributed by atoms with van der Waals surface area (Å²) in [6, 6.07) is 13.3. The summed E-state index contributed by atoms with van der Waals surface area (Å²) in [6.45, 7) is 2.70. The van der Waals surface area contributed by atoms with Gasteiger partial charge >= 0.3 is 12.1 Å². The Morgan fingerprint density at radius 3 is 2.63 bits per heavy atom. The standard InChI is InChI=1S/C21H24N2O4/c1-14-7-10-16(11-8-14)23(2)21(25)27-18-6-4-5-17-20(18)15(13-22-17)9-12-19(24)26-3/h4-8,10-11,15,22H,9,12-13H2,1-3H3. The predicted octanol–water partition coefficient (Wildman–Crippen LogP) is 4.09. The number of amides is 1.